The lowest BCUT2D eigenvalue weighted by molar-refractivity contribution is 0.0622. The van der Waals surface area contributed by atoms with Crippen molar-refractivity contribution in [3.8, 4) is 17.0 Å². The van der Waals surface area contributed by atoms with Crippen LogP contribution >= 0.6 is 0 Å². The number of amides is 1. The Morgan fingerprint density at radius 3 is 2.47 bits per heavy atom. The molecule has 4 rings (SSSR count). The van der Waals surface area contributed by atoms with Crippen molar-refractivity contribution in [2.45, 2.75) is 6.54 Å². The molecule has 1 N–H and O–H groups in total. The third kappa shape index (κ3) is 4.33. The molecule has 0 atom stereocenters. The van der Waals surface area contributed by atoms with Gasteiger partial charge in [-0.2, -0.15) is 5.10 Å². The van der Waals surface area contributed by atoms with Crippen LogP contribution in [0, 0.1) is 11.6 Å². The number of nitrogens with zero attached hydrogens (tertiary/aromatic N) is 3. The van der Waals surface area contributed by atoms with Crippen LogP contribution in [0.5, 0.6) is 5.75 Å². The number of carbonyl (C=O) groups excluding carboxylic acids is 1. The molecule has 1 fully saturated rings. The third-order valence-electron chi connectivity index (χ3n) is 5.23. The maximum atomic E-state index is 13.9. The van der Waals surface area contributed by atoms with Crippen molar-refractivity contribution < 1.29 is 18.3 Å². The Morgan fingerprint density at radius 2 is 1.80 bits per heavy atom. The SMILES string of the molecule is COc1ccc(CN2CCN(C(=O)c3cc(-c4ccc(F)cc4)n[nH]3)CC2)cc1F. The average Bonchev–Trinajstić information content (AvgIpc) is 3.25. The number of rotatable bonds is 5. The zero-order chi connectivity index (χ0) is 21.1. The highest BCUT2D eigenvalue weighted by Crippen LogP contribution is 2.21. The molecule has 0 aliphatic carbocycles. The lowest BCUT2D eigenvalue weighted by Crippen LogP contribution is -2.48. The van der Waals surface area contributed by atoms with Crippen molar-refractivity contribution in [3.05, 3.63) is 71.4 Å². The van der Waals surface area contributed by atoms with E-state index >= 15 is 0 Å². The smallest absolute Gasteiger partial charge is 0.271 e. The van der Waals surface area contributed by atoms with Gasteiger partial charge < -0.3 is 9.64 Å². The van der Waals surface area contributed by atoms with E-state index in [-0.39, 0.29) is 23.3 Å². The number of hydrogen-bond acceptors (Lipinski definition) is 4. The first-order valence-corrected chi connectivity index (χ1v) is 9.69. The molecular formula is C22H22F2N4O2. The zero-order valence-corrected chi connectivity index (χ0v) is 16.6. The predicted molar refractivity (Wildman–Crippen MR) is 108 cm³/mol. The third-order valence-corrected chi connectivity index (χ3v) is 5.23. The van der Waals surface area contributed by atoms with Crippen molar-refractivity contribution in [1.82, 2.24) is 20.0 Å². The van der Waals surface area contributed by atoms with Gasteiger partial charge in [0, 0.05) is 38.3 Å². The number of hydrogen-bond donors (Lipinski definition) is 1. The molecule has 30 heavy (non-hydrogen) atoms. The Kier molecular flexibility index (Phi) is 5.76. The van der Waals surface area contributed by atoms with Gasteiger partial charge in [-0.3, -0.25) is 14.8 Å². The minimum absolute atomic E-state index is 0.119. The van der Waals surface area contributed by atoms with E-state index in [0.29, 0.717) is 44.1 Å². The van der Waals surface area contributed by atoms with E-state index in [1.807, 2.05) is 6.07 Å². The average molecular weight is 412 g/mol. The molecule has 6 nitrogen and oxygen atoms in total. The molecule has 156 valence electrons. The fourth-order valence-electron chi connectivity index (χ4n) is 3.55. The molecule has 0 spiro atoms. The summed E-state index contributed by atoms with van der Waals surface area (Å²) in [6.45, 7) is 3.14. The van der Waals surface area contributed by atoms with Crippen LogP contribution in [-0.2, 0) is 6.54 Å². The Hall–Kier alpha value is -3.26. The maximum Gasteiger partial charge on any atom is 0.271 e. The molecule has 1 amide bonds. The summed E-state index contributed by atoms with van der Waals surface area (Å²) in [7, 11) is 1.44. The summed E-state index contributed by atoms with van der Waals surface area (Å²) < 4.78 is 31.9. The standard InChI is InChI=1S/C22H22F2N4O2/c1-30-21-7-2-15(12-18(21)24)14-27-8-10-28(11-9-27)22(29)20-13-19(25-26-20)16-3-5-17(23)6-4-16/h2-7,12-13H,8-11,14H2,1H3,(H,25,26). The fraction of sp³-hybridized carbons (Fsp3) is 0.273. The highest BCUT2D eigenvalue weighted by molar-refractivity contribution is 5.93. The molecule has 2 aromatic carbocycles. The number of halogens is 2. The highest BCUT2D eigenvalue weighted by Gasteiger charge is 2.24. The van der Waals surface area contributed by atoms with Gasteiger partial charge in [0.15, 0.2) is 11.6 Å². The molecule has 1 aliphatic rings. The molecule has 0 radical (unpaired) electrons. The van der Waals surface area contributed by atoms with Crippen molar-refractivity contribution in [1.29, 1.82) is 0 Å². The Labute approximate surface area is 173 Å². The first-order valence-electron chi connectivity index (χ1n) is 9.69. The summed E-state index contributed by atoms with van der Waals surface area (Å²) in [6.07, 6.45) is 0. The van der Waals surface area contributed by atoms with Gasteiger partial charge in [-0.1, -0.05) is 6.07 Å². The van der Waals surface area contributed by atoms with Crippen molar-refractivity contribution in [3.63, 3.8) is 0 Å². The van der Waals surface area contributed by atoms with Crippen LogP contribution < -0.4 is 4.74 Å². The Balaban J connectivity index is 1.34. The second-order valence-corrected chi connectivity index (χ2v) is 7.21. The van der Waals surface area contributed by atoms with E-state index in [0.717, 1.165) is 11.1 Å². The monoisotopic (exact) mass is 412 g/mol. The summed E-state index contributed by atoms with van der Waals surface area (Å²) >= 11 is 0. The molecule has 8 heteroatoms. The molecule has 2 heterocycles. The van der Waals surface area contributed by atoms with Crippen molar-refractivity contribution in [2.24, 2.45) is 0 Å². The predicted octanol–water partition coefficient (Wildman–Crippen LogP) is 3.32. The van der Waals surface area contributed by atoms with Gasteiger partial charge in [0.25, 0.3) is 5.91 Å². The molecule has 0 bridgehead atoms. The van der Waals surface area contributed by atoms with Gasteiger partial charge in [-0.05, 0) is 48.0 Å². The number of carbonyl (C=O) groups is 1. The van der Waals surface area contributed by atoms with E-state index in [9.17, 15) is 13.6 Å². The number of piperazine rings is 1. The van der Waals surface area contributed by atoms with E-state index in [4.69, 9.17) is 4.74 Å². The van der Waals surface area contributed by atoms with E-state index in [1.165, 1.54) is 25.3 Å². The number of benzene rings is 2. The van der Waals surface area contributed by atoms with Gasteiger partial charge in [-0.15, -0.1) is 0 Å². The van der Waals surface area contributed by atoms with Crippen molar-refractivity contribution in [2.75, 3.05) is 33.3 Å². The topological polar surface area (TPSA) is 61.5 Å². The Morgan fingerprint density at radius 1 is 1.07 bits per heavy atom. The van der Waals surface area contributed by atoms with E-state index in [1.54, 1.807) is 29.2 Å². The lowest BCUT2D eigenvalue weighted by Gasteiger charge is -2.34. The Bertz CT molecular complexity index is 1030. The van der Waals surface area contributed by atoms with Crippen LogP contribution in [0.2, 0.25) is 0 Å². The van der Waals surface area contributed by atoms with Gasteiger partial charge in [0.1, 0.15) is 11.5 Å². The van der Waals surface area contributed by atoms with Crippen LogP contribution in [0.3, 0.4) is 0 Å². The van der Waals surface area contributed by atoms with Gasteiger partial charge in [0.05, 0.1) is 12.8 Å². The van der Waals surface area contributed by atoms with Gasteiger partial charge in [0.2, 0.25) is 0 Å². The van der Waals surface area contributed by atoms with Crippen LogP contribution in [0.1, 0.15) is 16.1 Å². The quantitative estimate of drug-likeness (QED) is 0.699. The minimum Gasteiger partial charge on any atom is -0.494 e. The van der Waals surface area contributed by atoms with Gasteiger partial charge in [-0.25, -0.2) is 8.78 Å². The lowest BCUT2D eigenvalue weighted by atomic mass is 10.1. The zero-order valence-electron chi connectivity index (χ0n) is 16.6. The number of H-pyrrole nitrogens is 1. The summed E-state index contributed by atoms with van der Waals surface area (Å²) in [4.78, 5) is 16.7. The van der Waals surface area contributed by atoms with Gasteiger partial charge >= 0.3 is 0 Å². The van der Waals surface area contributed by atoms with E-state index in [2.05, 4.69) is 15.1 Å². The second kappa shape index (κ2) is 8.62. The number of aromatic amines is 1. The number of ether oxygens (including phenoxy) is 1. The number of nitrogens with one attached hydrogen (secondary N) is 1. The number of aromatic nitrogens is 2. The molecule has 3 aromatic rings. The summed E-state index contributed by atoms with van der Waals surface area (Å²) in [5, 5.41) is 6.96. The maximum absolute atomic E-state index is 13.9. The highest BCUT2D eigenvalue weighted by atomic mass is 19.1. The molecule has 1 aromatic heterocycles. The molecule has 0 unspecified atom stereocenters. The summed E-state index contributed by atoms with van der Waals surface area (Å²) in [5.41, 5.74) is 2.60. The van der Waals surface area contributed by atoms with Crippen LogP contribution in [0.15, 0.2) is 48.5 Å². The molecule has 1 saturated heterocycles. The van der Waals surface area contributed by atoms with Crippen LogP contribution in [-0.4, -0.2) is 59.2 Å². The largest absolute Gasteiger partial charge is 0.494 e. The fourth-order valence-corrected chi connectivity index (χ4v) is 3.55. The first-order chi connectivity index (χ1) is 14.5. The number of methoxy groups -OCH3 is 1. The van der Waals surface area contributed by atoms with E-state index < -0.39 is 0 Å². The minimum atomic E-state index is -0.375. The summed E-state index contributed by atoms with van der Waals surface area (Å²) in [6, 6.07) is 12.6. The first kappa shape index (κ1) is 20.0. The normalized spacial score (nSPS) is 14.7. The second-order valence-electron chi connectivity index (χ2n) is 7.21. The molecular weight excluding hydrogens is 390 g/mol. The molecule has 1 aliphatic heterocycles. The van der Waals surface area contributed by atoms with Crippen LogP contribution in [0.25, 0.3) is 11.3 Å². The molecule has 0 saturated carbocycles. The summed E-state index contributed by atoms with van der Waals surface area (Å²) in [5.74, 6) is -0.583. The van der Waals surface area contributed by atoms with Crippen molar-refractivity contribution >= 4 is 5.91 Å². The van der Waals surface area contributed by atoms with Crippen LogP contribution in [0.4, 0.5) is 8.78 Å².